The van der Waals surface area contributed by atoms with Gasteiger partial charge in [-0.1, -0.05) is 27.7 Å². The van der Waals surface area contributed by atoms with Gasteiger partial charge >= 0.3 is 0 Å². The molecular formula is C11H11Cl2N3OS. The number of aromatic nitrogens is 2. The van der Waals surface area contributed by atoms with E-state index in [4.69, 9.17) is 27.9 Å². The van der Waals surface area contributed by atoms with Crippen LogP contribution in [-0.4, -0.2) is 16.1 Å². The van der Waals surface area contributed by atoms with Crippen LogP contribution in [0.5, 0.6) is 5.75 Å². The Hall–Kier alpha value is -1.04. The number of rotatable bonds is 5. The SMILES string of the molecule is CCNc1snnc1COc1ccc(Cl)cc1Cl. The van der Waals surface area contributed by atoms with Gasteiger partial charge in [0.05, 0.1) is 5.02 Å². The van der Waals surface area contributed by atoms with E-state index in [0.29, 0.717) is 22.4 Å². The first kappa shape index (κ1) is 13.4. The lowest BCUT2D eigenvalue weighted by Crippen LogP contribution is -2.02. The minimum atomic E-state index is 0.320. The second kappa shape index (κ2) is 6.22. The highest BCUT2D eigenvalue weighted by Gasteiger charge is 2.09. The molecule has 7 heteroatoms. The Morgan fingerprint density at radius 1 is 1.39 bits per heavy atom. The number of hydrogen-bond donors (Lipinski definition) is 1. The standard InChI is InChI=1S/C11H11Cl2N3OS/c1-2-14-11-9(15-16-18-11)6-17-10-4-3-7(12)5-8(10)13/h3-5,14H,2,6H2,1H3. The molecule has 0 spiro atoms. The van der Waals surface area contributed by atoms with Crippen LogP contribution in [0, 0.1) is 0 Å². The van der Waals surface area contributed by atoms with Gasteiger partial charge < -0.3 is 10.1 Å². The molecule has 4 nitrogen and oxygen atoms in total. The Labute approximate surface area is 119 Å². The zero-order chi connectivity index (χ0) is 13.0. The van der Waals surface area contributed by atoms with Crippen LogP contribution in [0.4, 0.5) is 5.00 Å². The van der Waals surface area contributed by atoms with Crippen LogP contribution in [0.15, 0.2) is 18.2 Å². The van der Waals surface area contributed by atoms with E-state index < -0.39 is 0 Å². The van der Waals surface area contributed by atoms with Crippen LogP contribution >= 0.6 is 34.7 Å². The predicted octanol–water partition coefficient (Wildman–Crippen LogP) is 3.86. The maximum absolute atomic E-state index is 6.01. The third kappa shape index (κ3) is 3.25. The summed E-state index contributed by atoms with van der Waals surface area (Å²) in [4.78, 5) is 0. The largest absolute Gasteiger partial charge is 0.486 e. The summed E-state index contributed by atoms with van der Waals surface area (Å²) in [5.41, 5.74) is 0.771. The van der Waals surface area contributed by atoms with Crippen molar-refractivity contribution >= 4 is 39.7 Å². The Morgan fingerprint density at radius 2 is 2.22 bits per heavy atom. The van der Waals surface area contributed by atoms with Crippen LogP contribution in [0.3, 0.4) is 0 Å². The molecule has 0 bridgehead atoms. The van der Waals surface area contributed by atoms with Crippen molar-refractivity contribution in [3.05, 3.63) is 33.9 Å². The fraction of sp³-hybridized carbons (Fsp3) is 0.273. The molecule has 1 aromatic carbocycles. The summed E-state index contributed by atoms with van der Waals surface area (Å²) in [6.45, 7) is 3.15. The van der Waals surface area contributed by atoms with E-state index in [1.807, 2.05) is 6.92 Å². The first-order valence-corrected chi connectivity index (χ1v) is 6.86. The van der Waals surface area contributed by atoms with E-state index in [9.17, 15) is 0 Å². The molecule has 0 unspecified atom stereocenters. The number of nitrogens with zero attached hydrogens (tertiary/aromatic N) is 2. The molecule has 0 aliphatic heterocycles. The van der Waals surface area contributed by atoms with Crippen molar-refractivity contribution in [2.75, 3.05) is 11.9 Å². The monoisotopic (exact) mass is 303 g/mol. The van der Waals surface area contributed by atoms with Crippen LogP contribution in [0.25, 0.3) is 0 Å². The molecule has 0 aliphatic rings. The fourth-order valence-electron chi connectivity index (χ4n) is 1.34. The summed E-state index contributed by atoms with van der Waals surface area (Å²) in [5, 5.41) is 9.17. The number of anilines is 1. The van der Waals surface area contributed by atoms with Crippen LogP contribution < -0.4 is 10.1 Å². The number of ether oxygens (including phenoxy) is 1. The summed E-state index contributed by atoms with van der Waals surface area (Å²) in [6.07, 6.45) is 0. The first-order chi connectivity index (χ1) is 8.70. The summed E-state index contributed by atoms with van der Waals surface area (Å²) in [5.74, 6) is 0.580. The molecule has 0 radical (unpaired) electrons. The van der Waals surface area contributed by atoms with Crippen LogP contribution in [-0.2, 0) is 6.61 Å². The predicted molar refractivity (Wildman–Crippen MR) is 74.9 cm³/mol. The van der Waals surface area contributed by atoms with Gasteiger partial charge in [0, 0.05) is 23.1 Å². The van der Waals surface area contributed by atoms with Crippen LogP contribution in [0.2, 0.25) is 10.0 Å². The van der Waals surface area contributed by atoms with Crippen molar-refractivity contribution in [3.8, 4) is 5.75 Å². The van der Waals surface area contributed by atoms with Crippen molar-refractivity contribution in [2.45, 2.75) is 13.5 Å². The quantitative estimate of drug-likeness (QED) is 0.911. The average molecular weight is 304 g/mol. The second-order valence-corrected chi connectivity index (χ2v) is 5.04. The lowest BCUT2D eigenvalue weighted by atomic mass is 10.3. The Balaban J connectivity index is 2.04. The van der Waals surface area contributed by atoms with Gasteiger partial charge in [0.15, 0.2) is 0 Å². The molecule has 0 saturated heterocycles. The van der Waals surface area contributed by atoms with Gasteiger partial charge in [-0.25, -0.2) is 0 Å². The van der Waals surface area contributed by atoms with Gasteiger partial charge in [-0.15, -0.1) is 5.10 Å². The summed E-state index contributed by atoms with van der Waals surface area (Å²) < 4.78 is 9.48. The lowest BCUT2D eigenvalue weighted by molar-refractivity contribution is 0.302. The minimum absolute atomic E-state index is 0.320. The van der Waals surface area contributed by atoms with Gasteiger partial charge in [0.25, 0.3) is 0 Å². The summed E-state index contributed by atoms with van der Waals surface area (Å²) in [7, 11) is 0. The molecule has 0 saturated carbocycles. The van der Waals surface area contributed by atoms with Gasteiger partial charge in [0.1, 0.15) is 23.1 Å². The van der Waals surface area contributed by atoms with E-state index in [0.717, 1.165) is 17.2 Å². The lowest BCUT2D eigenvalue weighted by Gasteiger charge is -2.07. The highest BCUT2D eigenvalue weighted by Crippen LogP contribution is 2.29. The third-order valence-corrected chi connectivity index (χ3v) is 3.41. The second-order valence-electron chi connectivity index (χ2n) is 3.44. The van der Waals surface area contributed by atoms with Crippen molar-refractivity contribution < 1.29 is 4.74 Å². The van der Waals surface area contributed by atoms with Crippen molar-refractivity contribution in [2.24, 2.45) is 0 Å². The van der Waals surface area contributed by atoms with E-state index in [-0.39, 0.29) is 0 Å². The van der Waals surface area contributed by atoms with Gasteiger partial charge in [-0.05, 0) is 25.1 Å². The summed E-state index contributed by atoms with van der Waals surface area (Å²) >= 11 is 13.1. The highest BCUT2D eigenvalue weighted by molar-refractivity contribution is 7.10. The van der Waals surface area contributed by atoms with E-state index in [1.54, 1.807) is 18.2 Å². The topological polar surface area (TPSA) is 47.0 Å². The van der Waals surface area contributed by atoms with E-state index in [2.05, 4.69) is 14.9 Å². The number of halogens is 2. The van der Waals surface area contributed by atoms with Crippen molar-refractivity contribution in [3.63, 3.8) is 0 Å². The summed E-state index contributed by atoms with van der Waals surface area (Å²) in [6, 6.07) is 5.10. The molecule has 0 atom stereocenters. The van der Waals surface area contributed by atoms with E-state index in [1.165, 1.54) is 11.5 Å². The third-order valence-electron chi connectivity index (χ3n) is 2.15. The molecule has 2 rings (SSSR count). The van der Waals surface area contributed by atoms with Crippen molar-refractivity contribution in [1.29, 1.82) is 0 Å². The molecule has 2 aromatic rings. The maximum Gasteiger partial charge on any atom is 0.138 e. The molecule has 0 fully saturated rings. The zero-order valence-corrected chi connectivity index (χ0v) is 11.9. The molecular weight excluding hydrogens is 293 g/mol. The highest BCUT2D eigenvalue weighted by atomic mass is 35.5. The maximum atomic E-state index is 6.01. The fourth-order valence-corrected chi connectivity index (χ4v) is 2.43. The minimum Gasteiger partial charge on any atom is -0.486 e. The van der Waals surface area contributed by atoms with E-state index >= 15 is 0 Å². The zero-order valence-electron chi connectivity index (χ0n) is 9.61. The first-order valence-electron chi connectivity index (χ1n) is 5.33. The smallest absolute Gasteiger partial charge is 0.138 e. The Morgan fingerprint density at radius 3 is 2.94 bits per heavy atom. The number of nitrogens with one attached hydrogen (secondary N) is 1. The Kier molecular flexibility index (Phi) is 4.63. The van der Waals surface area contributed by atoms with Gasteiger partial charge in [0.2, 0.25) is 0 Å². The van der Waals surface area contributed by atoms with Crippen molar-refractivity contribution in [1.82, 2.24) is 9.59 Å². The molecule has 96 valence electrons. The van der Waals surface area contributed by atoms with Crippen LogP contribution in [0.1, 0.15) is 12.6 Å². The number of hydrogen-bond acceptors (Lipinski definition) is 5. The molecule has 0 amide bonds. The van der Waals surface area contributed by atoms with Gasteiger partial charge in [-0.3, -0.25) is 0 Å². The molecule has 0 aliphatic carbocycles. The molecule has 1 heterocycles. The average Bonchev–Trinajstić information content (AvgIpc) is 2.76. The number of benzene rings is 1. The molecule has 1 N–H and O–H groups in total. The molecule has 18 heavy (non-hydrogen) atoms. The normalized spacial score (nSPS) is 10.4. The van der Waals surface area contributed by atoms with Gasteiger partial charge in [-0.2, -0.15) is 0 Å². The molecule has 1 aromatic heterocycles. The Bertz CT molecular complexity index is 533.